The largest absolute Gasteiger partial charge is 0.382 e. The van der Waals surface area contributed by atoms with Crippen LogP contribution in [0.25, 0.3) is 11.2 Å². The Bertz CT molecular complexity index is 576. The summed E-state index contributed by atoms with van der Waals surface area (Å²) in [5.74, 6) is 1.22. The van der Waals surface area contributed by atoms with Gasteiger partial charge in [-0.1, -0.05) is 19.3 Å². The van der Waals surface area contributed by atoms with Gasteiger partial charge in [-0.2, -0.15) is 0 Å². The molecule has 6 nitrogen and oxygen atoms in total. The predicted molar refractivity (Wildman–Crippen MR) is 81.7 cm³/mol. The maximum atomic E-state index is 5.82. The molecular formula is C15H23N5O. The maximum Gasteiger partial charge on any atom is 0.165 e. The number of imidazole rings is 1. The molecule has 1 aliphatic rings. The van der Waals surface area contributed by atoms with Gasteiger partial charge in [0.2, 0.25) is 0 Å². The van der Waals surface area contributed by atoms with E-state index < -0.39 is 0 Å². The highest BCUT2D eigenvalue weighted by Crippen LogP contribution is 2.23. The van der Waals surface area contributed by atoms with E-state index in [9.17, 15) is 0 Å². The number of fused-ring (bicyclic) bond motifs is 1. The number of nitrogens with zero attached hydrogens (tertiary/aromatic N) is 4. The number of aryl methyl sites for hydroxylation is 1. The summed E-state index contributed by atoms with van der Waals surface area (Å²) in [7, 11) is 0. The Hall–Kier alpha value is -1.69. The van der Waals surface area contributed by atoms with Crippen molar-refractivity contribution in [2.45, 2.75) is 45.1 Å². The fraction of sp³-hybridized carbons (Fsp3) is 0.667. The molecular weight excluding hydrogens is 266 g/mol. The SMILES string of the molecule is Nc1ncnc2c1ncn2CCCOCC1CCCCC1. The Kier molecular flexibility index (Phi) is 4.65. The number of aromatic nitrogens is 4. The fourth-order valence-corrected chi connectivity index (χ4v) is 3.00. The van der Waals surface area contributed by atoms with E-state index in [2.05, 4.69) is 15.0 Å². The quantitative estimate of drug-likeness (QED) is 0.826. The zero-order valence-electron chi connectivity index (χ0n) is 12.4. The molecule has 0 saturated heterocycles. The third kappa shape index (κ3) is 3.50. The van der Waals surface area contributed by atoms with Crippen molar-refractivity contribution >= 4 is 17.0 Å². The Labute approximate surface area is 124 Å². The van der Waals surface area contributed by atoms with Gasteiger partial charge in [0.1, 0.15) is 11.8 Å². The highest BCUT2D eigenvalue weighted by atomic mass is 16.5. The van der Waals surface area contributed by atoms with Gasteiger partial charge in [0.15, 0.2) is 11.5 Å². The standard InChI is InChI=1S/C15H23N5O/c16-14-13-15(18-10-17-14)20(11-19-13)7-4-8-21-9-12-5-2-1-3-6-12/h10-12H,1-9H2,(H2,16,17,18). The van der Waals surface area contributed by atoms with Crippen molar-refractivity contribution in [3.05, 3.63) is 12.7 Å². The van der Waals surface area contributed by atoms with Crippen LogP contribution < -0.4 is 5.73 Å². The Morgan fingerprint density at radius 1 is 1.19 bits per heavy atom. The molecule has 6 heteroatoms. The van der Waals surface area contributed by atoms with Gasteiger partial charge in [-0.25, -0.2) is 15.0 Å². The van der Waals surface area contributed by atoms with Gasteiger partial charge in [0.05, 0.1) is 6.33 Å². The van der Waals surface area contributed by atoms with Crippen molar-refractivity contribution in [1.82, 2.24) is 19.5 Å². The molecule has 0 unspecified atom stereocenters. The van der Waals surface area contributed by atoms with Gasteiger partial charge in [-0.15, -0.1) is 0 Å². The molecule has 2 aromatic heterocycles. The van der Waals surface area contributed by atoms with Gasteiger partial charge in [-0.05, 0) is 25.2 Å². The lowest BCUT2D eigenvalue weighted by Crippen LogP contribution is -2.14. The zero-order chi connectivity index (χ0) is 14.5. The van der Waals surface area contributed by atoms with Gasteiger partial charge < -0.3 is 15.0 Å². The molecule has 0 atom stereocenters. The lowest BCUT2D eigenvalue weighted by Gasteiger charge is -2.21. The fourth-order valence-electron chi connectivity index (χ4n) is 3.00. The molecule has 2 N–H and O–H groups in total. The van der Waals surface area contributed by atoms with E-state index in [0.717, 1.165) is 37.7 Å². The molecule has 1 fully saturated rings. The minimum Gasteiger partial charge on any atom is -0.382 e. The average Bonchev–Trinajstić information content (AvgIpc) is 2.93. The van der Waals surface area contributed by atoms with Gasteiger partial charge in [0.25, 0.3) is 0 Å². The summed E-state index contributed by atoms with van der Waals surface area (Å²) in [6.45, 7) is 2.55. The van der Waals surface area contributed by atoms with Crippen LogP contribution >= 0.6 is 0 Å². The Morgan fingerprint density at radius 3 is 2.90 bits per heavy atom. The molecule has 2 aromatic rings. The first-order valence-corrected chi connectivity index (χ1v) is 7.83. The van der Waals surface area contributed by atoms with E-state index in [1.807, 2.05) is 4.57 Å². The predicted octanol–water partition coefficient (Wildman–Crippen LogP) is 2.40. The van der Waals surface area contributed by atoms with Crippen molar-refractivity contribution in [3.63, 3.8) is 0 Å². The molecule has 0 aromatic carbocycles. The van der Waals surface area contributed by atoms with E-state index in [1.54, 1.807) is 6.33 Å². The number of hydrogen-bond acceptors (Lipinski definition) is 5. The van der Waals surface area contributed by atoms with Crippen LogP contribution in [0.15, 0.2) is 12.7 Å². The van der Waals surface area contributed by atoms with Crippen LogP contribution in [0.5, 0.6) is 0 Å². The van der Waals surface area contributed by atoms with E-state index in [1.165, 1.54) is 38.4 Å². The highest BCUT2D eigenvalue weighted by molar-refractivity contribution is 5.80. The maximum absolute atomic E-state index is 5.82. The number of ether oxygens (including phenoxy) is 1. The Balaban J connectivity index is 1.43. The highest BCUT2D eigenvalue weighted by Gasteiger charge is 2.13. The molecule has 1 saturated carbocycles. The summed E-state index contributed by atoms with van der Waals surface area (Å²) in [4.78, 5) is 12.5. The van der Waals surface area contributed by atoms with E-state index in [-0.39, 0.29) is 0 Å². The molecule has 0 spiro atoms. The van der Waals surface area contributed by atoms with Gasteiger partial charge >= 0.3 is 0 Å². The normalized spacial score (nSPS) is 16.6. The number of nitrogen functional groups attached to an aromatic ring is 1. The summed E-state index contributed by atoms with van der Waals surface area (Å²) in [6, 6.07) is 0. The number of nitrogens with two attached hydrogens (primary N) is 1. The number of anilines is 1. The van der Waals surface area contributed by atoms with Crippen molar-refractivity contribution in [2.24, 2.45) is 5.92 Å². The van der Waals surface area contributed by atoms with Crippen LogP contribution in [0.1, 0.15) is 38.5 Å². The van der Waals surface area contributed by atoms with E-state index in [4.69, 9.17) is 10.5 Å². The van der Waals surface area contributed by atoms with Crippen LogP contribution in [0.2, 0.25) is 0 Å². The summed E-state index contributed by atoms with van der Waals surface area (Å²) < 4.78 is 7.83. The summed E-state index contributed by atoms with van der Waals surface area (Å²) in [5, 5.41) is 0. The summed E-state index contributed by atoms with van der Waals surface area (Å²) in [5.41, 5.74) is 7.26. The second-order valence-corrected chi connectivity index (χ2v) is 5.80. The summed E-state index contributed by atoms with van der Waals surface area (Å²) in [6.07, 6.45) is 11.0. The van der Waals surface area contributed by atoms with Crippen molar-refractivity contribution < 1.29 is 4.74 Å². The van der Waals surface area contributed by atoms with Crippen molar-refractivity contribution in [2.75, 3.05) is 18.9 Å². The van der Waals surface area contributed by atoms with Crippen molar-refractivity contribution in [1.29, 1.82) is 0 Å². The molecule has 3 rings (SSSR count). The zero-order valence-corrected chi connectivity index (χ0v) is 12.4. The topological polar surface area (TPSA) is 78.9 Å². The first-order valence-electron chi connectivity index (χ1n) is 7.83. The average molecular weight is 289 g/mol. The third-order valence-corrected chi connectivity index (χ3v) is 4.20. The van der Waals surface area contributed by atoms with Crippen LogP contribution in [0, 0.1) is 5.92 Å². The molecule has 0 amide bonds. The first kappa shape index (κ1) is 14.3. The minimum absolute atomic E-state index is 0.437. The monoisotopic (exact) mass is 289 g/mol. The lowest BCUT2D eigenvalue weighted by atomic mass is 9.90. The number of hydrogen-bond donors (Lipinski definition) is 1. The van der Waals surface area contributed by atoms with Crippen molar-refractivity contribution in [3.8, 4) is 0 Å². The second-order valence-electron chi connectivity index (χ2n) is 5.80. The van der Waals surface area contributed by atoms with Crippen LogP contribution in [0.3, 0.4) is 0 Å². The first-order chi connectivity index (χ1) is 10.3. The second kappa shape index (κ2) is 6.85. The van der Waals surface area contributed by atoms with Crippen LogP contribution in [-0.4, -0.2) is 32.7 Å². The van der Waals surface area contributed by atoms with Crippen LogP contribution in [0.4, 0.5) is 5.82 Å². The smallest absolute Gasteiger partial charge is 0.165 e. The van der Waals surface area contributed by atoms with Gasteiger partial charge in [0, 0.05) is 19.8 Å². The molecule has 1 aliphatic carbocycles. The third-order valence-electron chi connectivity index (χ3n) is 4.20. The molecule has 2 heterocycles. The Morgan fingerprint density at radius 2 is 2.05 bits per heavy atom. The van der Waals surface area contributed by atoms with Gasteiger partial charge in [-0.3, -0.25) is 0 Å². The van der Waals surface area contributed by atoms with E-state index >= 15 is 0 Å². The summed E-state index contributed by atoms with van der Waals surface area (Å²) >= 11 is 0. The molecule has 21 heavy (non-hydrogen) atoms. The molecule has 0 bridgehead atoms. The molecule has 0 aliphatic heterocycles. The van der Waals surface area contributed by atoms with E-state index in [0.29, 0.717) is 11.3 Å². The van der Waals surface area contributed by atoms with Crippen LogP contribution in [-0.2, 0) is 11.3 Å². The number of rotatable bonds is 6. The molecule has 0 radical (unpaired) electrons. The minimum atomic E-state index is 0.437. The molecule has 114 valence electrons. The lowest BCUT2D eigenvalue weighted by molar-refractivity contribution is 0.0818.